The van der Waals surface area contributed by atoms with Crippen LogP contribution >= 0.6 is 0 Å². The third-order valence-electron chi connectivity index (χ3n) is 4.50. The zero-order valence-electron chi connectivity index (χ0n) is 12.0. The largest absolute Gasteiger partial charge is 0.373 e. The Morgan fingerprint density at radius 2 is 2.14 bits per heavy atom. The van der Waals surface area contributed by atoms with Gasteiger partial charge in [0.2, 0.25) is 0 Å². The summed E-state index contributed by atoms with van der Waals surface area (Å²) in [4.78, 5) is 20.8. The first-order valence-corrected chi connectivity index (χ1v) is 7.45. The van der Waals surface area contributed by atoms with E-state index in [1.165, 1.54) is 6.33 Å². The Kier molecular flexibility index (Phi) is 2.98. The SMILES string of the molecule is O=c1c(Nc2ccncn2)ccc2n1C1(CCCC1)NC2O. The first-order valence-electron chi connectivity index (χ1n) is 7.45. The Balaban J connectivity index is 1.80. The highest BCUT2D eigenvalue weighted by Gasteiger charge is 2.45. The van der Waals surface area contributed by atoms with Gasteiger partial charge in [-0.05, 0) is 43.9 Å². The minimum absolute atomic E-state index is 0.137. The van der Waals surface area contributed by atoms with E-state index in [0.717, 1.165) is 25.7 Å². The van der Waals surface area contributed by atoms with Gasteiger partial charge in [-0.25, -0.2) is 9.97 Å². The molecule has 1 aliphatic carbocycles. The fourth-order valence-electron chi connectivity index (χ4n) is 3.53. The van der Waals surface area contributed by atoms with Crippen LogP contribution in [0, 0.1) is 0 Å². The molecule has 0 aromatic carbocycles. The molecule has 0 amide bonds. The van der Waals surface area contributed by atoms with E-state index in [2.05, 4.69) is 20.6 Å². The third-order valence-corrected chi connectivity index (χ3v) is 4.50. The lowest BCUT2D eigenvalue weighted by Crippen LogP contribution is -2.44. The van der Waals surface area contributed by atoms with E-state index >= 15 is 0 Å². The van der Waals surface area contributed by atoms with Gasteiger partial charge >= 0.3 is 0 Å². The summed E-state index contributed by atoms with van der Waals surface area (Å²) in [5.74, 6) is 0.569. The standard InChI is InChI=1S/C15H17N5O2/c21-13-11-4-3-10(18-12-5-8-16-9-17-12)14(22)20(11)15(19-13)6-1-2-7-15/h3-5,8-9,13,19,21H,1-2,6-7H2,(H,16,17,18). The van der Waals surface area contributed by atoms with Crippen molar-refractivity contribution in [3.05, 3.63) is 46.8 Å². The van der Waals surface area contributed by atoms with Crippen molar-refractivity contribution in [1.29, 1.82) is 0 Å². The number of aliphatic hydroxyl groups is 1. The van der Waals surface area contributed by atoms with Crippen molar-refractivity contribution in [1.82, 2.24) is 19.9 Å². The Morgan fingerprint density at radius 1 is 1.32 bits per heavy atom. The number of hydrogen-bond acceptors (Lipinski definition) is 6. The van der Waals surface area contributed by atoms with Crippen molar-refractivity contribution in [3.63, 3.8) is 0 Å². The number of aromatic nitrogens is 3. The van der Waals surface area contributed by atoms with E-state index in [1.54, 1.807) is 29.0 Å². The number of anilines is 2. The number of pyridine rings is 1. The number of fused-ring (bicyclic) bond motifs is 2. The summed E-state index contributed by atoms with van der Waals surface area (Å²) in [5.41, 5.74) is 0.488. The highest BCUT2D eigenvalue weighted by Crippen LogP contribution is 2.40. The fraction of sp³-hybridized carbons (Fsp3) is 0.400. The van der Waals surface area contributed by atoms with Crippen LogP contribution in [0.4, 0.5) is 11.5 Å². The molecule has 22 heavy (non-hydrogen) atoms. The van der Waals surface area contributed by atoms with Gasteiger partial charge in [0.1, 0.15) is 29.7 Å². The lowest BCUT2D eigenvalue weighted by Gasteiger charge is -2.27. The fourth-order valence-corrected chi connectivity index (χ4v) is 3.53. The maximum Gasteiger partial charge on any atom is 0.276 e. The molecule has 2 aromatic heterocycles. The van der Waals surface area contributed by atoms with Gasteiger partial charge in [-0.15, -0.1) is 0 Å². The molecule has 0 bridgehead atoms. The molecular weight excluding hydrogens is 282 g/mol. The normalized spacial score (nSPS) is 22.0. The zero-order chi connectivity index (χ0) is 15.2. The second-order valence-electron chi connectivity index (χ2n) is 5.82. The average Bonchev–Trinajstić information content (AvgIpc) is 3.09. The van der Waals surface area contributed by atoms with Crippen LogP contribution < -0.4 is 16.2 Å². The second-order valence-corrected chi connectivity index (χ2v) is 5.82. The van der Waals surface area contributed by atoms with Gasteiger partial charge in [-0.2, -0.15) is 0 Å². The summed E-state index contributed by atoms with van der Waals surface area (Å²) in [6.45, 7) is 0. The first kappa shape index (κ1) is 13.4. The molecular formula is C15H17N5O2. The molecule has 2 aliphatic rings. The molecule has 1 fully saturated rings. The molecule has 0 radical (unpaired) electrons. The molecule has 3 heterocycles. The molecule has 0 saturated heterocycles. The van der Waals surface area contributed by atoms with Crippen LogP contribution in [0.3, 0.4) is 0 Å². The molecule has 1 unspecified atom stereocenters. The zero-order valence-corrected chi connectivity index (χ0v) is 12.0. The number of rotatable bonds is 2. The van der Waals surface area contributed by atoms with Crippen LogP contribution in [0.1, 0.15) is 37.6 Å². The molecule has 1 aliphatic heterocycles. The summed E-state index contributed by atoms with van der Waals surface area (Å²) < 4.78 is 1.72. The molecule has 4 rings (SSSR count). The van der Waals surface area contributed by atoms with E-state index in [-0.39, 0.29) is 5.56 Å². The van der Waals surface area contributed by atoms with Crippen LogP contribution in [0.25, 0.3) is 0 Å². The van der Waals surface area contributed by atoms with Crippen LogP contribution in [-0.2, 0) is 5.66 Å². The predicted molar refractivity (Wildman–Crippen MR) is 80.6 cm³/mol. The average molecular weight is 299 g/mol. The van der Waals surface area contributed by atoms with Gasteiger partial charge in [0.15, 0.2) is 0 Å². The van der Waals surface area contributed by atoms with Crippen LogP contribution in [0.5, 0.6) is 0 Å². The summed E-state index contributed by atoms with van der Waals surface area (Å²) >= 11 is 0. The highest BCUT2D eigenvalue weighted by atomic mass is 16.3. The van der Waals surface area contributed by atoms with E-state index in [0.29, 0.717) is 17.2 Å². The van der Waals surface area contributed by atoms with Crippen molar-refractivity contribution in [2.75, 3.05) is 5.32 Å². The molecule has 2 aromatic rings. The van der Waals surface area contributed by atoms with Crippen LogP contribution in [0.2, 0.25) is 0 Å². The van der Waals surface area contributed by atoms with Crippen LogP contribution in [0.15, 0.2) is 35.5 Å². The molecule has 1 spiro atoms. The molecule has 7 nitrogen and oxygen atoms in total. The van der Waals surface area contributed by atoms with Gasteiger partial charge in [-0.3, -0.25) is 14.7 Å². The monoisotopic (exact) mass is 299 g/mol. The minimum atomic E-state index is -0.793. The van der Waals surface area contributed by atoms with Crippen LogP contribution in [-0.4, -0.2) is 19.6 Å². The van der Waals surface area contributed by atoms with Crippen molar-refractivity contribution >= 4 is 11.5 Å². The summed E-state index contributed by atoms with van der Waals surface area (Å²) in [5, 5.41) is 16.4. The topological polar surface area (TPSA) is 92.1 Å². The minimum Gasteiger partial charge on any atom is -0.373 e. The Bertz CT molecular complexity index is 752. The Hall–Kier alpha value is -2.25. The lowest BCUT2D eigenvalue weighted by atomic mass is 10.1. The molecule has 114 valence electrons. The molecule has 1 saturated carbocycles. The van der Waals surface area contributed by atoms with E-state index in [4.69, 9.17) is 0 Å². The molecule has 3 N–H and O–H groups in total. The van der Waals surface area contributed by atoms with Crippen molar-refractivity contribution in [2.24, 2.45) is 0 Å². The molecule has 7 heteroatoms. The quantitative estimate of drug-likeness (QED) is 0.772. The predicted octanol–water partition coefficient (Wildman–Crippen LogP) is 1.20. The Morgan fingerprint density at radius 3 is 2.86 bits per heavy atom. The third kappa shape index (κ3) is 1.93. The van der Waals surface area contributed by atoms with Gasteiger partial charge in [0.25, 0.3) is 5.56 Å². The lowest BCUT2D eigenvalue weighted by molar-refractivity contribution is 0.106. The highest BCUT2D eigenvalue weighted by molar-refractivity contribution is 5.55. The first-order chi connectivity index (χ1) is 10.7. The van der Waals surface area contributed by atoms with Crippen molar-refractivity contribution in [3.8, 4) is 0 Å². The summed E-state index contributed by atoms with van der Waals surface area (Å²) in [6, 6.07) is 5.18. The number of nitrogens with zero attached hydrogens (tertiary/aromatic N) is 3. The maximum absolute atomic E-state index is 12.9. The van der Waals surface area contributed by atoms with E-state index in [9.17, 15) is 9.90 Å². The van der Waals surface area contributed by atoms with E-state index < -0.39 is 11.9 Å². The van der Waals surface area contributed by atoms with Gasteiger partial charge in [0, 0.05) is 6.20 Å². The summed E-state index contributed by atoms with van der Waals surface area (Å²) in [7, 11) is 0. The number of hydrogen-bond donors (Lipinski definition) is 3. The van der Waals surface area contributed by atoms with Crippen molar-refractivity contribution < 1.29 is 5.11 Å². The van der Waals surface area contributed by atoms with Gasteiger partial charge in [0.05, 0.1) is 5.69 Å². The number of nitrogens with one attached hydrogen (secondary N) is 2. The summed E-state index contributed by atoms with van der Waals surface area (Å²) in [6.07, 6.45) is 6.06. The smallest absolute Gasteiger partial charge is 0.276 e. The second kappa shape index (κ2) is 4.89. The van der Waals surface area contributed by atoms with Crippen molar-refractivity contribution in [2.45, 2.75) is 37.6 Å². The maximum atomic E-state index is 12.9. The Labute approximate surface area is 127 Å². The van der Waals surface area contributed by atoms with E-state index in [1.807, 2.05) is 0 Å². The van der Waals surface area contributed by atoms with Gasteiger partial charge < -0.3 is 10.4 Å². The van der Waals surface area contributed by atoms with Gasteiger partial charge in [-0.1, -0.05) is 0 Å². The molecule has 1 atom stereocenters. The number of aliphatic hydroxyl groups excluding tert-OH is 1.